The van der Waals surface area contributed by atoms with E-state index in [2.05, 4.69) is 5.32 Å². The molecule has 0 bridgehead atoms. The highest BCUT2D eigenvalue weighted by atomic mass is 16.4. The first-order chi connectivity index (χ1) is 8.90. The number of aliphatic carboxylic acids is 2. The summed E-state index contributed by atoms with van der Waals surface area (Å²) in [4.78, 5) is 33.0. The van der Waals surface area contributed by atoms with Gasteiger partial charge in [-0.15, -0.1) is 0 Å². The van der Waals surface area contributed by atoms with Gasteiger partial charge in [0.2, 0.25) is 0 Å². The van der Waals surface area contributed by atoms with Gasteiger partial charge in [-0.1, -0.05) is 0 Å². The molecule has 3 N–H and O–H groups in total. The molecule has 1 aromatic rings. The number of carbonyl (C=O) groups excluding carboxylic acids is 1. The highest BCUT2D eigenvalue weighted by molar-refractivity contribution is 5.96. The zero-order chi connectivity index (χ0) is 14.4. The van der Waals surface area contributed by atoms with Crippen LogP contribution in [0.1, 0.15) is 35.4 Å². The second kappa shape index (κ2) is 6.58. The molecule has 1 atom stereocenters. The van der Waals surface area contributed by atoms with Crippen LogP contribution in [-0.2, 0) is 9.59 Å². The Labute approximate surface area is 109 Å². The van der Waals surface area contributed by atoms with Crippen molar-refractivity contribution in [1.82, 2.24) is 5.32 Å². The number of rotatable bonds is 7. The predicted octanol–water partition coefficient (Wildman–Crippen LogP) is 1.03. The fourth-order valence-electron chi connectivity index (χ4n) is 1.52. The molecule has 0 saturated carbocycles. The lowest BCUT2D eigenvalue weighted by molar-refractivity contribution is -0.140. The van der Waals surface area contributed by atoms with Gasteiger partial charge in [0, 0.05) is 6.42 Å². The van der Waals surface area contributed by atoms with Gasteiger partial charge in [-0.2, -0.15) is 0 Å². The fraction of sp³-hybridized carbons (Fsp3) is 0.417. The standard InChI is InChI=1S/C12H15NO6/c1-7-5-8(6-19-7)11(16)13-9(12(17)18)3-2-4-10(14)15/h5-6,9H,2-4H2,1H3,(H,13,16)(H,14,15)(H,17,18)/t9-/m1/s1. The van der Waals surface area contributed by atoms with E-state index in [0.29, 0.717) is 5.76 Å². The van der Waals surface area contributed by atoms with E-state index in [1.807, 2.05) is 0 Å². The third-order valence-electron chi connectivity index (χ3n) is 2.48. The summed E-state index contributed by atoms with van der Waals surface area (Å²) in [6.07, 6.45) is 1.34. The van der Waals surface area contributed by atoms with E-state index in [1.165, 1.54) is 12.3 Å². The van der Waals surface area contributed by atoms with Crippen LogP contribution < -0.4 is 5.32 Å². The number of aryl methyl sites for hydroxylation is 1. The number of nitrogens with one attached hydrogen (secondary N) is 1. The van der Waals surface area contributed by atoms with Crippen LogP contribution in [0.2, 0.25) is 0 Å². The number of amides is 1. The van der Waals surface area contributed by atoms with Gasteiger partial charge in [-0.05, 0) is 25.8 Å². The molecule has 1 heterocycles. The number of carboxylic acids is 2. The summed E-state index contributed by atoms with van der Waals surface area (Å²) in [7, 11) is 0. The summed E-state index contributed by atoms with van der Waals surface area (Å²) in [6, 6.07) is 0.382. The van der Waals surface area contributed by atoms with Gasteiger partial charge in [0.25, 0.3) is 5.91 Å². The molecule has 7 heteroatoms. The van der Waals surface area contributed by atoms with E-state index in [1.54, 1.807) is 6.92 Å². The van der Waals surface area contributed by atoms with Crippen molar-refractivity contribution in [1.29, 1.82) is 0 Å². The molecule has 0 saturated heterocycles. The Morgan fingerprint density at radius 1 is 1.37 bits per heavy atom. The summed E-state index contributed by atoms with van der Waals surface area (Å²) in [5, 5.41) is 19.8. The van der Waals surface area contributed by atoms with E-state index < -0.39 is 23.9 Å². The van der Waals surface area contributed by atoms with Crippen molar-refractivity contribution in [3.63, 3.8) is 0 Å². The Kier molecular flexibility index (Phi) is 5.11. The average Bonchev–Trinajstić information content (AvgIpc) is 2.73. The van der Waals surface area contributed by atoms with Crippen LogP contribution in [0.3, 0.4) is 0 Å². The molecule has 1 rings (SSSR count). The molecule has 0 aliphatic rings. The maximum atomic E-state index is 11.7. The number of carboxylic acid groups (broad SMARTS) is 2. The van der Waals surface area contributed by atoms with E-state index in [4.69, 9.17) is 14.6 Å². The van der Waals surface area contributed by atoms with Gasteiger partial charge < -0.3 is 19.9 Å². The van der Waals surface area contributed by atoms with Crippen molar-refractivity contribution in [2.24, 2.45) is 0 Å². The van der Waals surface area contributed by atoms with Crippen LogP contribution in [0.15, 0.2) is 16.7 Å². The van der Waals surface area contributed by atoms with Gasteiger partial charge in [0.1, 0.15) is 18.1 Å². The molecule has 0 aromatic carbocycles. The van der Waals surface area contributed by atoms with Gasteiger partial charge in [-0.3, -0.25) is 9.59 Å². The third-order valence-corrected chi connectivity index (χ3v) is 2.48. The van der Waals surface area contributed by atoms with Crippen LogP contribution in [0, 0.1) is 6.92 Å². The maximum absolute atomic E-state index is 11.7. The second-order valence-corrected chi connectivity index (χ2v) is 4.10. The Balaban J connectivity index is 2.55. The predicted molar refractivity (Wildman–Crippen MR) is 63.8 cm³/mol. The minimum absolute atomic E-state index is 0.0597. The van der Waals surface area contributed by atoms with E-state index in [-0.39, 0.29) is 24.8 Å². The second-order valence-electron chi connectivity index (χ2n) is 4.10. The molecule has 1 aromatic heterocycles. The SMILES string of the molecule is Cc1cc(C(=O)N[C@H](CCCC(=O)O)C(=O)O)co1. The van der Waals surface area contributed by atoms with E-state index >= 15 is 0 Å². The first-order valence-corrected chi connectivity index (χ1v) is 5.70. The first kappa shape index (κ1) is 14.7. The molecule has 0 aliphatic carbocycles. The lowest BCUT2D eigenvalue weighted by Crippen LogP contribution is -2.40. The topological polar surface area (TPSA) is 117 Å². The van der Waals surface area contributed by atoms with Crippen molar-refractivity contribution in [3.8, 4) is 0 Å². The van der Waals surface area contributed by atoms with Gasteiger partial charge in [0.15, 0.2) is 0 Å². The molecule has 0 spiro atoms. The highest BCUT2D eigenvalue weighted by Gasteiger charge is 2.21. The molecular weight excluding hydrogens is 254 g/mol. The van der Waals surface area contributed by atoms with Crippen LogP contribution in [0.5, 0.6) is 0 Å². The summed E-state index contributed by atoms with van der Waals surface area (Å²) < 4.78 is 4.95. The molecule has 0 radical (unpaired) electrons. The smallest absolute Gasteiger partial charge is 0.326 e. The quantitative estimate of drug-likeness (QED) is 0.680. The lowest BCUT2D eigenvalue weighted by atomic mass is 10.1. The van der Waals surface area contributed by atoms with E-state index in [9.17, 15) is 14.4 Å². The number of hydrogen-bond donors (Lipinski definition) is 3. The first-order valence-electron chi connectivity index (χ1n) is 5.70. The van der Waals surface area contributed by atoms with Gasteiger partial charge in [-0.25, -0.2) is 4.79 Å². The number of hydrogen-bond acceptors (Lipinski definition) is 4. The largest absolute Gasteiger partial charge is 0.481 e. The summed E-state index contributed by atoms with van der Waals surface area (Å²) in [5.41, 5.74) is 0.238. The number of carbonyl (C=O) groups is 3. The minimum Gasteiger partial charge on any atom is -0.481 e. The van der Waals surface area contributed by atoms with Crippen molar-refractivity contribution < 1.29 is 29.0 Å². The minimum atomic E-state index is -1.20. The molecule has 0 fully saturated rings. The summed E-state index contributed by atoms with van der Waals surface area (Å²) in [5.74, 6) is -2.21. The summed E-state index contributed by atoms with van der Waals surface area (Å²) >= 11 is 0. The van der Waals surface area contributed by atoms with Crippen LogP contribution in [0.4, 0.5) is 0 Å². The monoisotopic (exact) mass is 269 g/mol. The maximum Gasteiger partial charge on any atom is 0.326 e. The van der Waals surface area contributed by atoms with Crippen molar-refractivity contribution in [2.75, 3.05) is 0 Å². The Morgan fingerprint density at radius 3 is 2.53 bits per heavy atom. The normalized spacial score (nSPS) is 11.8. The summed E-state index contributed by atoms with van der Waals surface area (Å²) in [6.45, 7) is 1.66. The highest BCUT2D eigenvalue weighted by Crippen LogP contribution is 2.08. The van der Waals surface area contributed by atoms with Crippen LogP contribution in [0.25, 0.3) is 0 Å². The lowest BCUT2D eigenvalue weighted by Gasteiger charge is -2.13. The Morgan fingerprint density at radius 2 is 2.05 bits per heavy atom. The molecule has 0 unspecified atom stereocenters. The molecule has 104 valence electrons. The average molecular weight is 269 g/mol. The Hall–Kier alpha value is -2.31. The van der Waals surface area contributed by atoms with Crippen LogP contribution in [-0.4, -0.2) is 34.1 Å². The van der Waals surface area contributed by atoms with E-state index in [0.717, 1.165) is 0 Å². The molecule has 19 heavy (non-hydrogen) atoms. The van der Waals surface area contributed by atoms with Gasteiger partial charge >= 0.3 is 11.9 Å². The number of furan rings is 1. The van der Waals surface area contributed by atoms with Crippen molar-refractivity contribution in [3.05, 3.63) is 23.7 Å². The van der Waals surface area contributed by atoms with Crippen LogP contribution >= 0.6 is 0 Å². The van der Waals surface area contributed by atoms with Crippen molar-refractivity contribution in [2.45, 2.75) is 32.2 Å². The fourth-order valence-corrected chi connectivity index (χ4v) is 1.52. The molecular formula is C12H15NO6. The van der Waals surface area contributed by atoms with Crippen molar-refractivity contribution >= 4 is 17.8 Å². The zero-order valence-corrected chi connectivity index (χ0v) is 10.4. The molecule has 1 amide bonds. The zero-order valence-electron chi connectivity index (χ0n) is 10.4. The molecule has 7 nitrogen and oxygen atoms in total. The van der Waals surface area contributed by atoms with Gasteiger partial charge in [0.05, 0.1) is 5.56 Å². The molecule has 0 aliphatic heterocycles. The Bertz CT molecular complexity index is 478. The third kappa shape index (κ3) is 4.82.